The van der Waals surface area contributed by atoms with Crippen LogP contribution in [0, 0.1) is 0 Å². The van der Waals surface area contributed by atoms with Crippen molar-refractivity contribution < 1.29 is 4.74 Å². The van der Waals surface area contributed by atoms with E-state index in [1.54, 1.807) is 7.11 Å². The molecule has 0 radical (unpaired) electrons. The van der Waals surface area contributed by atoms with E-state index in [0.717, 1.165) is 12.2 Å². The van der Waals surface area contributed by atoms with Gasteiger partial charge in [0, 0.05) is 4.43 Å². The van der Waals surface area contributed by atoms with E-state index < -0.39 is 0 Å². The largest absolute Gasteiger partial charge is 0.496 e. The Morgan fingerprint density at radius 3 is 2.57 bits per heavy atom. The van der Waals surface area contributed by atoms with E-state index in [9.17, 15) is 0 Å². The molecule has 1 rings (SSSR count). The first-order chi connectivity index (χ1) is 6.69. The number of halogens is 1. The molecule has 2 heteroatoms. The number of alkyl halides is 1. The first kappa shape index (κ1) is 11.8. The Kier molecular flexibility index (Phi) is 4.72. The molecular formula is C12H17IO. The van der Waals surface area contributed by atoms with Gasteiger partial charge in [0.05, 0.1) is 7.11 Å². The number of ether oxygens (including phenoxy) is 1. The molecule has 1 nitrogen and oxygen atoms in total. The summed E-state index contributed by atoms with van der Waals surface area (Å²) in [5, 5.41) is 0. The van der Waals surface area contributed by atoms with Crippen LogP contribution in [0.3, 0.4) is 0 Å². The van der Waals surface area contributed by atoms with Crippen molar-refractivity contribution in [2.75, 3.05) is 11.5 Å². The molecule has 0 N–H and O–H groups in total. The highest BCUT2D eigenvalue weighted by Gasteiger charge is 2.07. The normalized spacial score (nSPS) is 10.6. The molecule has 0 aliphatic heterocycles. The average molecular weight is 304 g/mol. The van der Waals surface area contributed by atoms with Crippen LogP contribution in [0.25, 0.3) is 0 Å². The van der Waals surface area contributed by atoms with E-state index in [1.165, 1.54) is 15.6 Å². The summed E-state index contributed by atoms with van der Waals surface area (Å²) < 4.78 is 6.51. The maximum atomic E-state index is 5.34. The summed E-state index contributed by atoms with van der Waals surface area (Å²) in [7, 11) is 1.74. The molecule has 0 unspecified atom stereocenters. The molecule has 0 aliphatic carbocycles. The Morgan fingerprint density at radius 1 is 1.36 bits per heavy atom. The van der Waals surface area contributed by atoms with Crippen LogP contribution >= 0.6 is 22.6 Å². The molecule has 0 aliphatic rings. The maximum Gasteiger partial charge on any atom is 0.122 e. The van der Waals surface area contributed by atoms with E-state index in [2.05, 4.69) is 54.6 Å². The van der Waals surface area contributed by atoms with Crippen LogP contribution in [-0.2, 0) is 6.42 Å². The lowest BCUT2D eigenvalue weighted by Crippen LogP contribution is -1.96. The van der Waals surface area contributed by atoms with Crippen molar-refractivity contribution in [3.63, 3.8) is 0 Å². The van der Waals surface area contributed by atoms with Crippen molar-refractivity contribution in [1.29, 1.82) is 0 Å². The second-order valence-electron chi connectivity index (χ2n) is 3.67. The Labute approximate surface area is 100.0 Å². The highest BCUT2D eigenvalue weighted by Crippen LogP contribution is 2.27. The molecule has 0 aromatic heterocycles. The van der Waals surface area contributed by atoms with Gasteiger partial charge in [0.25, 0.3) is 0 Å². The Hall–Kier alpha value is -0.250. The topological polar surface area (TPSA) is 9.23 Å². The third kappa shape index (κ3) is 2.87. The van der Waals surface area contributed by atoms with Crippen molar-refractivity contribution in [3.8, 4) is 5.75 Å². The molecule has 14 heavy (non-hydrogen) atoms. The van der Waals surface area contributed by atoms with Crippen LogP contribution in [0.4, 0.5) is 0 Å². The van der Waals surface area contributed by atoms with E-state index in [0.29, 0.717) is 5.92 Å². The lowest BCUT2D eigenvalue weighted by Gasteiger charge is -2.13. The standard InChI is InChI=1S/C12H17IO/c1-9(2)11-8-10(6-7-13)4-5-12(11)14-3/h4-5,8-9H,6-7H2,1-3H3. The number of hydrogen-bond donors (Lipinski definition) is 0. The van der Waals surface area contributed by atoms with Crippen molar-refractivity contribution in [2.45, 2.75) is 26.2 Å². The van der Waals surface area contributed by atoms with E-state index in [1.807, 2.05) is 0 Å². The highest BCUT2D eigenvalue weighted by atomic mass is 127. The van der Waals surface area contributed by atoms with Gasteiger partial charge in [-0.15, -0.1) is 0 Å². The predicted molar refractivity (Wildman–Crippen MR) is 69.7 cm³/mol. The molecule has 0 spiro atoms. The molecule has 0 bridgehead atoms. The minimum Gasteiger partial charge on any atom is -0.496 e. The lowest BCUT2D eigenvalue weighted by atomic mass is 9.99. The predicted octanol–water partition coefficient (Wildman–Crippen LogP) is 3.80. The van der Waals surface area contributed by atoms with Gasteiger partial charge in [-0.1, -0.05) is 48.6 Å². The Balaban J connectivity index is 3.01. The first-order valence-corrected chi connectivity index (χ1v) is 6.44. The fraction of sp³-hybridized carbons (Fsp3) is 0.500. The summed E-state index contributed by atoms with van der Waals surface area (Å²) in [6.45, 7) is 4.40. The van der Waals surface area contributed by atoms with Crippen LogP contribution in [0.15, 0.2) is 18.2 Å². The molecule has 0 fully saturated rings. The van der Waals surface area contributed by atoms with Crippen LogP contribution < -0.4 is 4.74 Å². The minimum absolute atomic E-state index is 0.527. The Morgan fingerprint density at radius 2 is 2.07 bits per heavy atom. The molecule has 0 atom stereocenters. The minimum atomic E-state index is 0.527. The van der Waals surface area contributed by atoms with Crippen molar-refractivity contribution in [3.05, 3.63) is 29.3 Å². The summed E-state index contributed by atoms with van der Waals surface area (Å²) in [4.78, 5) is 0. The van der Waals surface area contributed by atoms with Gasteiger partial charge in [-0.05, 0) is 29.5 Å². The molecule has 0 amide bonds. The second kappa shape index (κ2) is 5.59. The number of rotatable bonds is 4. The molecular weight excluding hydrogens is 287 g/mol. The van der Waals surface area contributed by atoms with E-state index in [-0.39, 0.29) is 0 Å². The van der Waals surface area contributed by atoms with Crippen molar-refractivity contribution in [1.82, 2.24) is 0 Å². The SMILES string of the molecule is COc1ccc(CCI)cc1C(C)C. The van der Waals surface area contributed by atoms with Gasteiger partial charge in [0.1, 0.15) is 5.75 Å². The fourth-order valence-corrected chi connectivity index (χ4v) is 2.12. The summed E-state index contributed by atoms with van der Waals surface area (Å²) in [6.07, 6.45) is 1.14. The lowest BCUT2D eigenvalue weighted by molar-refractivity contribution is 0.407. The van der Waals surface area contributed by atoms with Gasteiger partial charge in [0.15, 0.2) is 0 Å². The molecule has 1 aromatic rings. The van der Waals surface area contributed by atoms with Gasteiger partial charge >= 0.3 is 0 Å². The number of hydrogen-bond acceptors (Lipinski definition) is 1. The average Bonchev–Trinajstić information content (AvgIpc) is 2.18. The molecule has 0 saturated carbocycles. The van der Waals surface area contributed by atoms with Crippen LogP contribution in [-0.4, -0.2) is 11.5 Å². The first-order valence-electron chi connectivity index (χ1n) is 4.91. The summed E-state index contributed by atoms with van der Waals surface area (Å²) in [5.41, 5.74) is 2.72. The van der Waals surface area contributed by atoms with Gasteiger partial charge in [-0.3, -0.25) is 0 Å². The van der Waals surface area contributed by atoms with Gasteiger partial charge in [0.2, 0.25) is 0 Å². The zero-order valence-corrected chi connectivity index (χ0v) is 11.2. The van der Waals surface area contributed by atoms with Crippen LogP contribution in [0.2, 0.25) is 0 Å². The highest BCUT2D eigenvalue weighted by molar-refractivity contribution is 14.1. The monoisotopic (exact) mass is 304 g/mol. The smallest absolute Gasteiger partial charge is 0.122 e. The summed E-state index contributed by atoms with van der Waals surface area (Å²) >= 11 is 2.41. The van der Waals surface area contributed by atoms with Crippen molar-refractivity contribution >= 4 is 22.6 Å². The third-order valence-electron chi connectivity index (χ3n) is 2.30. The fourth-order valence-electron chi connectivity index (χ4n) is 1.50. The van der Waals surface area contributed by atoms with Crippen LogP contribution in [0.1, 0.15) is 30.9 Å². The van der Waals surface area contributed by atoms with E-state index in [4.69, 9.17) is 4.74 Å². The second-order valence-corrected chi connectivity index (χ2v) is 4.75. The molecule has 0 saturated heterocycles. The zero-order chi connectivity index (χ0) is 10.6. The van der Waals surface area contributed by atoms with Gasteiger partial charge in [-0.25, -0.2) is 0 Å². The molecule has 1 aromatic carbocycles. The van der Waals surface area contributed by atoms with Crippen molar-refractivity contribution in [2.24, 2.45) is 0 Å². The Bertz CT molecular complexity index is 294. The number of benzene rings is 1. The summed E-state index contributed by atoms with van der Waals surface area (Å²) in [5.74, 6) is 1.54. The summed E-state index contributed by atoms with van der Waals surface area (Å²) in [6, 6.07) is 6.50. The van der Waals surface area contributed by atoms with E-state index >= 15 is 0 Å². The number of aryl methyl sites for hydroxylation is 1. The van der Waals surface area contributed by atoms with Crippen LogP contribution in [0.5, 0.6) is 5.75 Å². The zero-order valence-electron chi connectivity index (χ0n) is 9.01. The molecule has 0 heterocycles. The van der Waals surface area contributed by atoms with Gasteiger partial charge < -0.3 is 4.74 Å². The maximum absolute atomic E-state index is 5.34. The van der Waals surface area contributed by atoms with Gasteiger partial charge in [-0.2, -0.15) is 0 Å². The molecule has 78 valence electrons. The third-order valence-corrected chi connectivity index (χ3v) is 2.84. The number of methoxy groups -OCH3 is 1. The quantitative estimate of drug-likeness (QED) is 0.607.